The number of rotatable bonds is 6. The summed E-state index contributed by atoms with van der Waals surface area (Å²) in [5, 5.41) is 8.61. The predicted octanol–water partition coefficient (Wildman–Crippen LogP) is 15.1. The van der Waals surface area contributed by atoms with Gasteiger partial charge in [-0.05, 0) is 201 Å². The van der Waals surface area contributed by atoms with Gasteiger partial charge in [0.25, 0.3) is 0 Å². The van der Waals surface area contributed by atoms with Crippen LogP contribution >= 0.6 is 0 Å². The summed E-state index contributed by atoms with van der Waals surface area (Å²) in [6.45, 7) is 17.3. The smallest absolute Gasteiger partial charge is 0.150 e. The Bertz CT molecular complexity index is 2970. The third kappa shape index (κ3) is 5.78. The lowest BCUT2D eigenvalue weighted by Gasteiger charge is -2.25. The van der Waals surface area contributed by atoms with Crippen molar-refractivity contribution >= 4 is 55.7 Å². The molecule has 0 saturated carbocycles. The van der Waals surface area contributed by atoms with Crippen molar-refractivity contribution < 1.29 is 9.59 Å². The first kappa shape index (κ1) is 37.0. The van der Waals surface area contributed by atoms with E-state index in [0.717, 1.165) is 111 Å². The third-order valence-electron chi connectivity index (χ3n) is 12.4. The van der Waals surface area contributed by atoms with Crippen LogP contribution in [0.5, 0.6) is 0 Å². The largest absolute Gasteiger partial charge is 0.298 e. The van der Waals surface area contributed by atoms with Crippen molar-refractivity contribution in [2.45, 2.75) is 55.4 Å². The van der Waals surface area contributed by atoms with E-state index < -0.39 is 0 Å². The monoisotopic (exact) mass is 750 g/mol. The standard InChI is InChI=1S/C56H46O2/c1-31-21-35(5)51(36(6)22-31)55-47-25-41(29-57)46(54-34(4)18-20-40-14-10-12-16-44(40)54)28-50(47)56(52-37(7)23-32(2)24-38(52)8)48-26-42(30-58)45(27-49(48)55)53-33(3)17-19-39-13-9-11-15-43(39)53/h9-30H,1-8H3. The summed E-state index contributed by atoms with van der Waals surface area (Å²) in [6.07, 6.45) is 2.06. The van der Waals surface area contributed by atoms with E-state index in [-0.39, 0.29) is 0 Å². The molecule has 9 rings (SSSR count). The Kier molecular flexibility index (Phi) is 8.97. The van der Waals surface area contributed by atoms with E-state index in [1.165, 1.54) is 33.4 Å². The van der Waals surface area contributed by atoms with Crippen molar-refractivity contribution in [2.24, 2.45) is 0 Å². The molecule has 0 fully saturated rings. The van der Waals surface area contributed by atoms with Crippen molar-refractivity contribution in [3.8, 4) is 44.5 Å². The molecule has 282 valence electrons. The van der Waals surface area contributed by atoms with Gasteiger partial charge in [0, 0.05) is 11.1 Å². The Morgan fingerprint density at radius 1 is 0.310 bits per heavy atom. The second-order valence-electron chi connectivity index (χ2n) is 16.5. The minimum atomic E-state index is 0.646. The van der Waals surface area contributed by atoms with Gasteiger partial charge in [-0.25, -0.2) is 0 Å². The number of benzene rings is 9. The van der Waals surface area contributed by atoms with Crippen molar-refractivity contribution in [2.75, 3.05) is 0 Å². The molecule has 0 spiro atoms. The number of hydrogen-bond acceptors (Lipinski definition) is 2. The summed E-state index contributed by atoms with van der Waals surface area (Å²) in [4.78, 5) is 27.1. The lowest BCUT2D eigenvalue weighted by molar-refractivity contribution is 0.111. The summed E-state index contributed by atoms with van der Waals surface area (Å²) in [5.41, 5.74) is 19.0. The minimum Gasteiger partial charge on any atom is -0.298 e. The molecule has 0 amide bonds. The van der Waals surface area contributed by atoms with Gasteiger partial charge in [0.2, 0.25) is 0 Å². The van der Waals surface area contributed by atoms with Gasteiger partial charge in [-0.1, -0.05) is 108 Å². The normalized spacial score (nSPS) is 11.6. The van der Waals surface area contributed by atoms with Gasteiger partial charge < -0.3 is 0 Å². The molecule has 0 aliphatic carbocycles. The first-order valence-electron chi connectivity index (χ1n) is 20.1. The minimum absolute atomic E-state index is 0.646. The molecule has 2 nitrogen and oxygen atoms in total. The van der Waals surface area contributed by atoms with Gasteiger partial charge in [0.15, 0.2) is 12.6 Å². The molecule has 0 aliphatic rings. The molecule has 0 heterocycles. The summed E-state index contributed by atoms with van der Waals surface area (Å²) in [7, 11) is 0. The Hall–Kier alpha value is -6.64. The molecule has 0 aromatic heterocycles. The zero-order chi connectivity index (χ0) is 40.6. The maximum Gasteiger partial charge on any atom is 0.150 e. The summed E-state index contributed by atoms with van der Waals surface area (Å²) >= 11 is 0. The van der Waals surface area contributed by atoms with Gasteiger partial charge in [-0.15, -0.1) is 0 Å². The average molecular weight is 751 g/mol. The first-order chi connectivity index (χ1) is 28.0. The molecule has 0 saturated heterocycles. The van der Waals surface area contributed by atoms with Crippen molar-refractivity contribution in [1.29, 1.82) is 0 Å². The Balaban J connectivity index is 1.57. The average Bonchev–Trinajstić information content (AvgIpc) is 3.20. The fraction of sp³-hybridized carbons (Fsp3) is 0.143. The SMILES string of the molecule is Cc1cc(C)c(-c2c3cc(C=O)c(-c4c(C)ccc5ccccc45)cc3c(-c3c(C)cc(C)cc3C)c3cc(C=O)c(-c4c(C)ccc5ccccc45)cc23)c(C)c1. The Labute approximate surface area is 340 Å². The topological polar surface area (TPSA) is 34.1 Å². The van der Waals surface area contributed by atoms with E-state index >= 15 is 0 Å². The van der Waals surface area contributed by atoms with Gasteiger partial charge >= 0.3 is 0 Å². The molecule has 9 aromatic carbocycles. The van der Waals surface area contributed by atoms with Crippen LogP contribution in [-0.4, -0.2) is 12.6 Å². The molecule has 2 heteroatoms. The number of fused-ring (bicyclic) bond motifs is 4. The molecule has 0 N–H and O–H groups in total. The fourth-order valence-electron chi connectivity index (χ4n) is 10.1. The molecular formula is C56H46O2. The number of carbonyl (C=O) groups excluding carboxylic acids is 2. The van der Waals surface area contributed by atoms with Crippen molar-refractivity contribution in [1.82, 2.24) is 0 Å². The van der Waals surface area contributed by atoms with E-state index in [1.807, 2.05) is 0 Å². The molecular weight excluding hydrogens is 705 g/mol. The van der Waals surface area contributed by atoms with Gasteiger partial charge in [-0.2, -0.15) is 0 Å². The zero-order valence-electron chi connectivity index (χ0n) is 34.5. The predicted molar refractivity (Wildman–Crippen MR) is 247 cm³/mol. The number of aldehydes is 2. The molecule has 0 bridgehead atoms. The van der Waals surface area contributed by atoms with Crippen LogP contribution in [0.3, 0.4) is 0 Å². The van der Waals surface area contributed by atoms with E-state index in [1.54, 1.807) is 0 Å². The first-order valence-corrected chi connectivity index (χ1v) is 20.1. The second kappa shape index (κ2) is 14.1. The Morgan fingerprint density at radius 3 is 1.02 bits per heavy atom. The maximum absolute atomic E-state index is 13.5. The lowest BCUT2D eigenvalue weighted by atomic mass is 9.78. The number of aryl methyl sites for hydroxylation is 8. The van der Waals surface area contributed by atoms with E-state index in [2.05, 4.69) is 177 Å². The van der Waals surface area contributed by atoms with Crippen LogP contribution in [0.25, 0.3) is 87.6 Å². The fourth-order valence-corrected chi connectivity index (χ4v) is 10.1. The highest BCUT2D eigenvalue weighted by Crippen LogP contribution is 2.51. The van der Waals surface area contributed by atoms with Crippen LogP contribution < -0.4 is 0 Å². The van der Waals surface area contributed by atoms with Gasteiger partial charge in [0.05, 0.1) is 0 Å². The zero-order valence-corrected chi connectivity index (χ0v) is 34.5. The summed E-state index contributed by atoms with van der Waals surface area (Å²) < 4.78 is 0. The highest BCUT2D eigenvalue weighted by molar-refractivity contribution is 6.26. The van der Waals surface area contributed by atoms with Gasteiger partial charge in [0.1, 0.15) is 0 Å². The molecule has 0 unspecified atom stereocenters. The van der Waals surface area contributed by atoms with Crippen LogP contribution in [0.1, 0.15) is 65.2 Å². The number of carbonyl (C=O) groups is 2. The van der Waals surface area contributed by atoms with Crippen LogP contribution in [0.15, 0.2) is 121 Å². The van der Waals surface area contributed by atoms with Crippen LogP contribution in [0.2, 0.25) is 0 Å². The van der Waals surface area contributed by atoms with Gasteiger partial charge in [-0.3, -0.25) is 9.59 Å². The van der Waals surface area contributed by atoms with E-state index in [0.29, 0.717) is 11.1 Å². The van der Waals surface area contributed by atoms with E-state index in [4.69, 9.17) is 0 Å². The quantitative estimate of drug-likeness (QED) is 0.125. The summed E-state index contributed by atoms with van der Waals surface area (Å²) in [5.74, 6) is 0. The molecule has 58 heavy (non-hydrogen) atoms. The van der Waals surface area contributed by atoms with Crippen molar-refractivity contribution in [3.63, 3.8) is 0 Å². The molecule has 9 aromatic rings. The van der Waals surface area contributed by atoms with E-state index in [9.17, 15) is 9.59 Å². The maximum atomic E-state index is 13.5. The lowest BCUT2D eigenvalue weighted by Crippen LogP contribution is -2.01. The highest BCUT2D eigenvalue weighted by atomic mass is 16.1. The van der Waals surface area contributed by atoms with Crippen LogP contribution in [0, 0.1) is 55.4 Å². The second-order valence-corrected chi connectivity index (χ2v) is 16.5. The Morgan fingerprint density at radius 2 is 0.655 bits per heavy atom. The van der Waals surface area contributed by atoms with Crippen LogP contribution in [-0.2, 0) is 0 Å². The van der Waals surface area contributed by atoms with Crippen LogP contribution in [0.4, 0.5) is 0 Å². The summed E-state index contributed by atoms with van der Waals surface area (Å²) in [6, 6.07) is 43.3. The number of hydrogen-bond donors (Lipinski definition) is 0. The van der Waals surface area contributed by atoms with Crippen molar-refractivity contribution in [3.05, 3.63) is 177 Å². The molecule has 0 atom stereocenters. The molecule has 0 radical (unpaired) electrons. The third-order valence-corrected chi connectivity index (χ3v) is 12.4. The highest BCUT2D eigenvalue weighted by Gasteiger charge is 2.26. The molecule has 0 aliphatic heterocycles.